The number of nitriles is 1. The highest BCUT2D eigenvalue weighted by molar-refractivity contribution is 7.99. The normalized spacial score (nSPS) is 12.5. The summed E-state index contributed by atoms with van der Waals surface area (Å²) >= 11 is 8.83. The largest absolute Gasteiger partial charge is 0.467 e. The third kappa shape index (κ3) is 4.55. The highest BCUT2D eigenvalue weighted by Gasteiger charge is 2.23. The van der Waals surface area contributed by atoms with E-state index in [1.807, 2.05) is 28.8 Å². The molecule has 4 aromatic rings. The van der Waals surface area contributed by atoms with E-state index in [1.165, 1.54) is 28.0 Å². The monoisotopic (exact) mass is 495 g/mol. The standard InChI is InChI=1S/C23H18ClN5O2S2/c24-15-8-6-14(7-9-15)21-27-28-23(29(21)12-16-3-2-10-31-16)32-13-20(30)26-22-18(11-25)17-4-1-5-19(17)33-22/h2-3,6-10H,1,4-5,12-13H2,(H,26,30). The minimum atomic E-state index is -0.183. The Balaban J connectivity index is 1.34. The number of thioether (sulfide) groups is 1. The van der Waals surface area contributed by atoms with Crippen LogP contribution in [0.2, 0.25) is 5.02 Å². The van der Waals surface area contributed by atoms with E-state index < -0.39 is 0 Å². The molecular weight excluding hydrogens is 478 g/mol. The summed E-state index contributed by atoms with van der Waals surface area (Å²) in [4.78, 5) is 13.9. The van der Waals surface area contributed by atoms with Crippen LogP contribution in [0.15, 0.2) is 52.2 Å². The van der Waals surface area contributed by atoms with E-state index in [1.54, 1.807) is 18.4 Å². The molecule has 0 bridgehead atoms. The molecule has 7 nitrogen and oxygen atoms in total. The van der Waals surface area contributed by atoms with Gasteiger partial charge in [0.1, 0.15) is 16.8 Å². The number of hydrogen-bond donors (Lipinski definition) is 1. The average Bonchev–Trinajstić information content (AvgIpc) is 3.59. The maximum absolute atomic E-state index is 12.7. The number of carbonyl (C=O) groups excluding carboxylic acids is 1. The first-order valence-electron chi connectivity index (χ1n) is 10.3. The lowest BCUT2D eigenvalue weighted by molar-refractivity contribution is -0.113. The molecule has 0 atom stereocenters. The molecule has 0 radical (unpaired) electrons. The van der Waals surface area contributed by atoms with Crippen LogP contribution in [0.5, 0.6) is 0 Å². The van der Waals surface area contributed by atoms with Crippen LogP contribution in [0.3, 0.4) is 0 Å². The van der Waals surface area contributed by atoms with Crippen molar-refractivity contribution in [3.63, 3.8) is 0 Å². The topological polar surface area (TPSA) is 96.7 Å². The summed E-state index contributed by atoms with van der Waals surface area (Å²) in [7, 11) is 0. The molecule has 33 heavy (non-hydrogen) atoms. The molecule has 1 aliphatic carbocycles. The molecule has 0 saturated carbocycles. The van der Waals surface area contributed by atoms with E-state index in [4.69, 9.17) is 16.0 Å². The Morgan fingerprint density at radius 2 is 2.12 bits per heavy atom. The Bertz CT molecular complexity index is 1340. The number of benzene rings is 1. The fourth-order valence-corrected chi connectivity index (χ4v) is 5.93. The zero-order chi connectivity index (χ0) is 22.8. The summed E-state index contributed by atoms with van der Waals surface area (Å²) in [6.07, 6.45) is 4.57. The molecule has 0 saturated heterocycles. The quantitative estimate of drug-likeness (QED) is 0.345. The number of furan rings is 1. The molecule has 1 amide bonds. The summed E-state index contributed by atoms with van der Waals surface area (Å²) in [5.74, 6) is 1.37. The van der Waals surface area contributed by atoms with Crippen LogP contribution in [0.4, 0.5) is 5.00 Å². The predicted molar refractivity (Wildman–Crippen MR) is 129 cm³/mol. The number of fused-ring (bicyclic) bond motifs is 1. The van der Waals surface area contributed by atoms with Crippen molar-refractivity contribution < 1.29 is 9.21 Å². The molecule has 1 N–H and O–H groups in total. The van der Waals surface area contributed by atoms with Gasteiger partial charge in [-0.2, -0.15) is 5.26 Å². The van der Waals surface area contributed by atoms with Crippen LogP contribution < -0.4 is 5.32 Å². The fourth-order valence-electron chi connectivity index (χ4n) is 3.81. The van der Waals surface area contributed by atoms with Gasteiger partial charge in [-0.25, -0.2) is 0 Å². The first kappa shape index (κ1) is 21.8. The van der Waals surface area contributed by atoms with Gasteiger partial charge in [-0.05, 0) is 61.2 Å². The van der Waals surface area contributed by atoms with Gasteiger partial charge in [-0.15, -0.1) is 21.5 Å². The summed E-state index contributed by atoms with van der Waals surface area (Å²) in [6, 6.07) is 13.3. The Kier molecular flexibility index (Phi) is 6.22. The molecule has 0 aliphatic heterocycles. The number of nitrogens with one attached hydrogen (secondary N) is 1. The van der Waals surface area contributed by atoms with Gasteiger partial charge in [0.05, 0.1) is 24.1 Å². The van der Waals surface area contributed by atoms with Gasteiger partial charge in [0.25, 0.3) is 0 Å². The Morgan fingerprint density at radius 3 is 2.88 bits per heavy atom. The minimum Gasteiger partial charge on any atom is -0.467 e. The highest BCUT2D eigenvalue weighted by Crippen LogP contribution is 2.38. The number of aryl methyl sites for hydroxylation is 1. The lowest BCUT2D eigenvalue weighted by Gasteiger charge is -2.09. The molecule has 1 aromatic carbocycles. The minimum absolute atomic E-state index is 0.143. The molecule has 10 heteroatoms. The number of thiophene rings is 1. The molecule has 0 fully saturated rings. The lowest BCUT2D eigenvalue weighted by atomic mass is 10.1. The third-order valence-corrected chi connectivity index (χ3v) is 7.76. The van der Waals surface area contributed by atoms with E-state index >= 15 is 0 Å². The summed E-state index contributed by atoms with van der Waals surface area (Å²) < 4.78 is 7.43. The number of carbonyl (C=O) groups is 1. The van der Waals surface area contributed by atoms with Crippen molar-refractivity contribution >= 4 is 45.6 Å². The van der Waals surface area contributed by atoms with Crippen LogP contribution in [-0.2, 0) is 24.2 Å². The van der Waals surface area contributed by atoms with Crippen LogP contribution in [0.25, 0.3) is 11.4 Å². The molecule has 0 spiro atoms. The van der Waals surface area contributed by atoms with Crippen molar-refractivity contribution in [2.75, 3.05) is 11.1 Å². The maximum atomic E-state index is 12.7. The van der Waals surface area contributed by atoms with Crippen LogP contribution in [0.1, 0.15) is 28.2 Å². The van der Waals surface area contributed by atoms with Crippen molar-refractivity contribution in [2.45, 2.75) is 31.0 Å². The SMILES string of the molecule is N#Cc1c(NC(=O)CSc2nnc(-c3ccc(Cl)cc3)n2Cc2ccco2)sc2c1CCC2. The van der Waals surface area contributed by atoms with Gasteiger partial charge in [-0.1, -0.05) is 23.4 Å². The Morgan fingerprint density at radius 1 is 1.27 bits per heavy atom. The zero-order valence-corrected chi connectivity index (χ0v) is 19.8. The van der Waals surface area contributed by atoms with E-state index in [-0.39, 0.29) is 11.7 Å². The second-order valence-corrected chi connectivity index (χ2v) is 9.97. The molecule has 1 aliphatic rings. The number of rotatable bonds is 7. The number of amides is 1. The van der Waals surface area contributed by atoms with Crippen LogP contribution >= 0.6 is 34.7 Å². The van der Waals surface area contributed by atoms with Gasteiger partial charge >= 0.3 is 0 Å². The number of halogens is 1. The molecular formula is C23H18ClN5O2S2. The van der Waals surface area contributed by atoms with Gasteiger partial charge < -0.3 is 9.73 Å². The predicted octanol–water partition coefficient (Wildman–Crippen LogP) is 5.39. The van der Waals surface area contributed by atoms with Gasteiger partial charge in [0, 0.05) is 15.5 Å². The smallest absolute Gasteiger partial charge is 0.235 e. The molecule has 3 aromatic heterocycles. The second-order valence-electron chi connectivity index (χ2n) is 7.49. The van der Waals surface area contributed by atoms with Gasteiger partial charge in [0.2, 0.25) is 5.91 Å². The molecule has 3 heterocycles. The van der Waals surface area contributed by atoms with Crippen molar-refractivity contribution in [3.8, 4) is 17.5 Å². The molecule has 0 unspecified atom stereocenters. The Labute approximate surface area is 203 Å². The average molecular weight is 496 g/mol. The first-order valence-corrected chi connectivity index (χ1v) is 12.5. The third-order valence-electron chi connectivity index (χ3n) is 5.33. The van der Waals surface area contributed by atoms with Crippen molar-refractivity contribution in [1.82, 2.24) is 14.8 Å². The Hall–Kier alpha value is -3.06. The summed E-state index contributed by atoms with van der Waals surface area (Å²) in [5, 5.41) is 23.0. The number of anilines is 1. The van der Waals surface area contributed by atoms with Crippen LogP contribution in [0, 0.1) is 11.3 Å². The second kappa shape index (κ2) is 9.43. The summed E-state index contributed by atoms with van der Waals surface area (Å²) in [5.41, 5.74) is 2.56. The maximum Gasteiger partial charge on any atom is 0.235 e. The summed E-state index contributed by atoms with van der Waals surface area (Å²) in [6.45, 7) is 0.429. The van der Waals surface area contributed by atoms with Crippen molar-refractivity contribution in [2.24, 2.45) is 0 Å². The number of hydrogen-bond acceptors (Lipinski definition) is 7. The van der Waals surface area contributed by atoms with Crippen LogP contribution in [-0.4, -0.2) is 26.4 Å². The number of aromatic nitrogens is 3. The fraction of sp³-hybridized carbons (Fsp3) is 0.217. The van der Waals surface area contributed by atoms with Crippen molar-refractivity contribution in [3.05, 3.63) is 69.4 Å². The lowest BCUT2D eigenvalue weighted by Crippen LogP contribution is -2.15. The number of nitrogens with zero attached hydrogens (tertiary/aromatic N) is 4. The van der Waals surface area contributed by atoms with E-state index in [2.05, 4.69) is 21.6 Å². The van der Waals surface area contributed by atoms with Gasteiger partial charge in [-0.3, -0.25) is 9.36 Å². The van der Waals surface area contributed by atoms with Gasteiger partial charge in [0.15, 0.2) is 11.0 Å². The zero-order valence-electron chi connectivity index (χ0n) is 17.4. The molecule has 166 valence electrons. The van der Waals surface area contributed by atoms with E-state index in [9.17, 15) is 10.1 Å². The first-order chi connectivity index (χ1) is 16.1. The van der Waals surface area contributed by atoms with Crippen molar-refractivity contribution in [1.29, 1.82) is 5.26 Å². The van der Waals surface area contributed by atoms with E-state index in [0.717, 1.165) is 36.1 Å². The van der Waals surface area contributed by atoms with E-state index in [0.29, 0.717) is 33.1 Å². The highest BCUT2D eigenvalue weighted by atomic mass is 35.5. The molecule has 5 rings (SSSR count).